The Morgan fingerprint density at radius 1 is 1.02 bits per heavy atom. The van der Waals surface area contributed by atoms with Gasteiger partial charge in [-0.1, -0.05) is 57.0 Å². The molecule has 3 aromatic rings. The SMILES string of the molecule is CNCC1N=C(c2ccc(-c3ncc(-c4ccc5c(c4)NC(C4CCCN4C(=O)C(NC(=O)OC)C(C)C)=NS5(=O)=O)c4c3CC3(CCCC3)C4)cc2)CN1C. The second-order valence-electron chi connectivity index (χ2n) is 16.5. The van der Waals surface area contributed by atoms with Crippen LogP contribution in [0, 0.1) is 11.3 Å². The Bertz CT molecular complexity index is 2210. The molecule has 1 spiro atoms. The van der Waals surface area contributed by atoms with E-state index in [1.165, 1.54) is 43.9 Å². The molecule has 14 heteroatoms. The van der Waals surface area contributed by atoms with E-state index < -0.39 is 28.2 Å². The number of amidine groups is 1. The van der Waals surface area contributed by atoms with E-state index in [0.29, 0.717) is 25.1 Å². The number of ether oxygens (including phenoxy) is 1. The molecule has 2 aromatic carbocycles. The standard InChI is InChI=1S/C42H52N8O5S/c1-25(2)37(47-41(52)55-5)40(51)50-18-8-9-34(50)39-46-32-19-28(14-15-35(32)56(53,54)48-39)31-22-44-38(30-21-42(20-29(30)31)16-6-7-17-42)27-12-10-26(11-13-27)33-24-49(4)36(45-33)23-43-3/h10-15,19,22,25,34,36-37,43H,6-9,16-18,20-21,23-24H2,1-5H3,(H,46,48)(H,47,52). The van der Waals surface area contributed by atoms with Gasteiger partial charge in [0, 0.05) is 37.0 Å². The van der Waals surface area contributed by atoms with Crippen molar-refractivity contribution in [2.24, 2.45) is 20.7 Å². The quantitative estimate of drug-likeness (QED) is 0.264. The average Bonchev–Trinajstić information content (AvgIpc) is 4.00. The Balaban J connectivity index is 1.10. The minimum absolute atomic E-state index is 0.0946. The lowest BCUT2D eigenvalue weighted by Gasteiger charge is -2.32. The monoisotopic (exact) mass is 780 g/mol. The molecular formula is C42H52N8O5S. The molecule has 5 aliphatic rings. The number of rotatable bonds is 9. The molecule has 296 valence electrons. The van der Waals surface area contributed by atoms with Gasteiger partial charge in [0.1, 0.15) is 22.9 Å². The van der Waals surface area contributed by atoms with Crippen LogP contribution in [0.3, 0.4) is 0 Å². The van der Waals surface area contributed by atoms with Crippen molar-refractivity contribution in [3.63, 3.8) is 0 Å². The zero-order chi connectivity index (χ0) is 39.4. The van der Waals surface area contributed by atoms with Gasteiger partial charge in [-0.2, -0.15) is 8.42 Å². The molecule has 2 amide bonds. The van der Waals surface area contributed by atoms with Crippen molar-refractivity contribution in [2.45, 2.75) is 88.4 Å². The van der Waals surface area contributed by atoms with E-state index in [9.17, 15) is 18.0 Å². The fourth-order valence-electron chi connectivity index (χ4n) is 9.50. The van der Waals surface area contributed by atoms with E-state index in [0.717, 1.165) is 59.6 Å². The number of likely N-dealkylation sites (tertiary alicyclic amines) is 1. The van der Waals surface area contributed by atoms with Crippen LogP contribution in [0.1, 0.15) is 69.1 Å². The maximum absolute atomic E-state index is 13.8. The number of amides is 2. The smallest absolute Gasteiger partial charge is 0.407 e. The zero-order valence-electron chi connectivity index (χ0n) is 32.9. The van der Waals surface area contributed by atoms with E-state index in [1.54, 1.807) is 11.0 Å². The Kier molecular flexibility index (Phi) is 10.2. The van der Waals surface area contributed by atoms with E-state index in [1.807, 2.05) is 39.2 Å². The Labute approximate surface area is 329 Å². The van der Waals surface area contributed by atoms with Crippen molar-refractivity contribution in [3.05, 3.63) is 65.4 Å². The highest BCUT2D eigenvalue weighted by atomic mass is 32.2. The molecule has 2 aliphatic carbocycles. The first kappa shape index (κ1) is 38.2. The van der Waals surface area contributed by atoms with Crippen LogP contribution in [0.5, 0.6) is 0 Å². The van der Waals surface area contributed by atoms with Crippen molar-refractivity contribution in [2.75, 3.05) is 46.2 Å². The van der Waals surface area contributed by atoms with E-state index in [2.05, 4.69) is 56.6 Å². The number of methoxy groups -OCH3 is 1. The average molecular weight is 781 g/mol. The number of benzene rings is 2. The van der Waals surface area contributed by atoms with Gasteiger partial charge in [0.25, 0.3) is 10.0 Å². The molecule has 13 nitrogen and oxygen atoms in total. The molecule has 1 saturated heterocycles. The predicted molar refractivity (Wildman–Crippen MR) is 217 cm³/mol. The summed E-state index contributed by atoms with van der Waals surface area (Å²) in [4.78, 5) is 40.0. The summed E-state index contributed by atoms with van der Waals surface area (Å²) in [5, 5.41) is 9.22. The third-order valence-corrected chi connectivity index (χ3v) is 13.8. The highest BCUT2D eigenvalue weighted by Crippen LogP contribution is 2.52. The van der Waals surface area contributed by atoms with E-state index in [4.69, 9.17) is 14.7 Å². The van der Waals surface area contributed by atoms with E-state index in [-0.39, 0.29) is 34.1 Å². The van der Waals surface area contributed by atoms with Crippen LogP contribution in [0.15, 0.2) is 62.9 Å². The van der Waals surface area contributed by atoms with Crippen LogP contribution in [0.25, 0.3) is 22.4 Å². The summed E-state index contributed by atoms with van der Waals surface area (Å²) in [6.45, 7) is 5.73. The number of alkyl carbamates (subject to hydrolysis) is 1. The second kappa shape index (κ2) is 15.0. The Morgan fingerprint density at radius 2 is 1.73 bits per heavy atom. The molecule has 0 radical (unpaired) electrons. The number of sulfonamides is 1. The second-order valence-corrected chi connectivity index (χ2v) is 18.1. The summed E-state index contributed by atoms with van der Waals surface area (Å²) in [6.07, 6.45) is 9.38. The molecule has 3 N–H and O–H groups in total. The number of nitrogens with zero attached hydrogens (tertiary/aromatic N) is 5. The molecule has 56 heavy (non-hydrogen) atoms. The molecule has 1 aromatic heterocycles. The molecule has 0 bridgehead atoms. The molecule has 3 atom stereocenters. The van der Waals surface area contributed by atoms with Gasteiger partial charge in [-0.3, -0.25) is 19.7 Å². The van der Waals surface area contributed by atoms with Crippen LogP contribution < -0.4 is 16.0 Å². The first-order chi connectivity index (χ1) is 26.9. The number of fused-ring (bicyclic) bond motifs is 2. The van der Waals surface area contributed by atoms with Gasteiger partial charge in [0.15, 0.2) is 0 Å². The topological polar surface area (TPSA) is 158 Å². The maximum atomic E-state index is 13.8. The third kappa shape index (κ3) is 7.00. The Morgan fingerprint density at radius 3 is 2.45 bits per heavy atom. The normalized spacial score (nSPS) is 22.7. The fraction of sp³-hybridized carbons (Fsp3) is 0.500. The molecular weight excluding hydrogens is 729 g/mol. The summed E-state index contributed by atoms with van der Waals surface area (Å²) in [7, 11) is 1.25. The van der Waals surface area contributed by atoms with Gasteiger partial charge in [0.2, 0.25) is 5.91 Å². The number of nitrogens with one attached hydrogen (secondary N) is 3. The molecule has 3 aliphatic heterocycles. The minimum atomic E-state index is -4.06. The molecule has 1 saturated carbocycles. The number of hydrogen-bond donors (Lipinski definition) is 3. The van der Waals surface area contributed by atoms with Gasteiger partial charge in [0.05, 0.1) is 30.2 Å². The van der Waals surface area contributed by atoms with Crippen LogP contribution in [-0.2, 0) is 32.4 Å². The number of aromatic nitrogens is 1. The van der Waals surface area contributed by atoms with Gasteiger partial charge >= 0.3 is 6.09 Å². The van der Waals surface area contributed by atoms with Crippen molar-refractivity contribution >= 4 is 39.3 Å². The zero-order valence-corrected chi connectivity index (χ0v) is 33.7. The van der Waals surface area contributed by atoms with E-state index >= 15 is 0 Å². The lowest BCUT2D eigenvalue weighted by atomic mass is 9.82. The predicted octanol–water partition coefficient (Wildman–Crippen LogP) is 5.24. The summed E-state index contributed by atoms with van der Waals surface area (Å²) < 4.78 is 36.3. The van der Waals surface area contributed by atoms with Gasteiger partial charge < -0.3 is 25.6 Å². The number of carbonyl (C=O) groups excluding carboxylic acids is 2. The number of aliphatic imine (C=N–C) groups is 1. The molecule has 8 rings (SSSR count). The lowest BCUT2D eigenvalue weighted by Crippen LogP contribution is -2.54. The number of hydrogen-bond acceptors (Lipinski definition) is 10. The number of pyridine rings is 1. The van der Waals surface area contributed by atoms with Crippen LogP contribution in [0.2, 0.25) is 0 Å². The summed E-state index contributed by atoms with van der Waals surface area (Å²) in [6, 6.07) is 12.6. The summed E-state index contributed by atoms with van der Waals surface area (Å²) >= 11 is 0. The molecule has 2 fully saturated rings. The molecule has 3 unspecified atom stereocenters. The minimum Gasteiger partial charge on any atom is -0.453 e. The van der Waals surface area contributed by atoms with Crippen LogP contribution in [-0.4, -0.2) is 106 Å². The number of carbonyl (C=O) groups is 2. The lowest BCUT2D eigenvalue weighted by molar-refractivity contribution is -0.134. The summed E-state index contributed by atoms with van der Waals surface area (Å²) in [5.74, 6) is -0.309. The maximum Gasteiger partial charge on any atom is 0.407 e. The Hall–Kier alpha value is -4.66. The van der Waals surface area contributed by atoms with Crippen LogP contribution in [0.4, 0.5) is 10.5 Å². The number of likely N-dealkylation sites (N-methyl/N-ethyl adjacent to an activating group) is 2. The fourth-order valence-corrected chi connectivity index (χ4v) is 10.7. The van der Waals surface area contributed by atoms with Crippen molar-refractivity contribution in [3.8, 4) is 22.4 Å². The first-order valence-electron chi connectivity index (χ1n) is 19.8. The first-order valence-corrected chi connectivity index (χ1v) is 21.3. The van der Waals surface area contributed by atoms with Crippen molar-refractivity contribution < 1.29 is 22.7 Å². The summed E-state index contributed by atoms with van der Waals surface area (Å²) in [5.41, 5.74) is 9.43. The largest absolute Gasteiger partial charge is 0.453 e. The van der Waals surface area contributed by atoms with Gasteiger partial charge in [-0.15, -0.1) is 4.40 Å². The highest BCUT2D eigenvalue weighted by Gasteiger charge is 2.43. The highest BCUT2D eigenvalue weighted by molar-refractivity contribution is 7.90. The van der Waals surface area contributed by atoms with Crippen molar-refractivity contribution in [1.82, 2.24) is 25.4 Å². The third-order valence-electron chi connectivity index (χ3n) is 12.4. The van der Waals surface area contributed by atoms with Crippen molar-refractivity contribution in [1.29, 1.82) is 0 Å². The van der Waals surface area contributed by atoms with Gasteiger partial charge in [-0.25, -0.2) is 4.79 Å². The number of anilines is 1. The van der Waals surface area contributed by atoms with Gasteiger partial charge in [-0.05, 0) is 98.3 Å². The van der Waals surface area contributed by atoms with Crippen LogP contribution >= 0.6 is 0 Å². The molecule has 4 heterocycles.